The second-order valence-electron chi connectivity index (χ2n) is 5.97. The molecule has 21 heavy (non-hydrogen) atoms. The summed E-state index contributed by atoms with van der Waals surface area (Å²) >= 11 is 0. The SMILES string of the molecule is Cc1c(NN)nc(C(C)(C)C)nc1NCc1ccncc1. The van der Waals surface area contributed by atoms with Gasteiger partial charge in [-0.25, -0.2) is 15.8 Å². The number of nitrogens with one attached hydrogen (secondary N) is 2. The number of nitrogen functional groups attached to an aromatic ring is 1. The van der Waals surface area contributed by atoms with Crippen LogP contribution in [-0.2, 0) is 12.0 Å². The Balaban J connectivity index is 2.29. The van der Waals surface area contributed by atoms with Crippen LogP contribution in [0.3, 0.4) is 0 Å². The van der Waals surface area contributed by atoms with E-state index in [0.29, 0.717) is 12.4 Å². The molecule has 2 rings (SSSR count). The van der Waals surface area contributed by atoms with E-state index in [9.17, 15) is 0 Å². The monoisotopic (exact) mass is 286 g/mol. The zero-order valence-corrected chi connectivity index (χ0v) is 12.9. The summed E-state index contributed by atoms with van der Waals surface area (Å²) in [5.41, 5.74) is 4.54. The van der Waals surface area contributed by atoms with Crippen molar-refractivity contribution < 1.29 is 0 Å². The molecule has 0 radical (unpaired) electrons. The van der Waals surface area contributed by atoms with E-state index in [1.165, 1.54) is 0 Å². The van der Waals surface area contributed by atoms with Crippen LogP contribution in [0.25, 0.3) is 0 Å². The minimum atomic E-state index is -0.146. The molecular weight excluding hydrogens is 264 g/mol. The Morgan fingerprint density at radius 1 is 1.10 bits per heavy atom. The van der Waals surface area contributed by atoms with Crippen molar-refractivity contribution in [3.05, 3.63) is 41.5 Å². The third-order valence-electron chi connectivity index (χ3n) is 3.16. The molecule has 6 heteroatoms. The van der Waals surface area contributed by atoms with E-state index in [1.807, 2.05) is 19.1 Å². The van der Waals surface area contributed by atoms with E-state index in [1.54, 1.807) is 12.4 Å². The number of pyridine rings is 1. The zero-order valence-electron chi connectivity index (χ0n) is 12.9. The molecule has 2 aromatic heterocycles. The van der Waals surface area contributed by atoms with E-state index in [4.69, 9.17) is 5.84 Å². The third kappa shape index (κ3) is 3.66. The van der Waals surface area contributed by atoms with Crippen LogP contribution in [0.5, 0.6) is 0 Å². The summed E-state index contributed by atoms with van der Waals surface area (Å²) in [7, 11) is 0. The van der Waals surface area contributed by atoms with Gasteiger partial charge in [-0.05, 0) is 24.6 Å². The van der Waals surface area contributed by atoms with E-state index in [0.717, 1.165) is 22.8 Å². The smallest absolute Gasteiger partial charge is 0.148 e. The normalized spacial score (nSPS) is 11.3. The molecule has 0 amide bonds. The first kappa shape index (κ1) is 15.2. The fourth-order valence-corrected chi connectivity index (χ4v) is 1.85. The highest BCUT2D eigenvalue weighted by Gasteiger charge is 2.20. The Bertz CT molecular complexity index is 604. The van der Waals surface area contributed by atoms with Crippen molar-refractivity contribution in [1.82, 2.24) is 15.0 Å². The summed E-state index contributed by atoms with van der Waals surface area (Å²) in [6.45, 7) is 8.84. The fraction of sp³-hybridized carbons (Fsp3) is 0.400. The Morgan fingerprint density at radius 2 is 1.71 bits per heavy atom. The lowest BCUT2D eigenvalue weighted by Gasteiger charge is -2.20. The average Bonchev–Trinajstić information content (AvgIpc) is 2.46. The molecule has 0 aromatic carbocycles. The van der Waals surface area contributed by atoms with Gasteiger partial charge in [-0.3, -0.25) is 4.98 Å². The fourth-order valence-electron chi connectivity index (χ4n) is 1.85. The van der Waals surface area contributed by atoms with Crippen molar-refractivity contribution in [1.29, 1.82) is 0 Å². The van der Waals surface area contributed by atoms with Crippen LogP contribution < -0.4 is 16.6 Å². The lowest BCUT2D eigenvalue weighted by Crippen LogP contribution is -2.21. The first-order chi connectivity index (χ1) is 9.91. The highest BCUT2D eigenvalue weighted by molar-refractivity contribution is 5.57. The van der Waals surface area contributed by atoms with E-state index in [-0.39, 0.29) is 5.41 Å². The van der Waals surface area contributed by atoms with Crippen LogP contribution in [0, 0.1) is 6.92 Å². The number of nitrogens with zero attached hydrogens (tertiary/aromatic N) is 3. The van der Waals surface area contributed by atoms with Crippen molar-refractivity contribution >= 4 is 11.6 Å². The number of aromatic nitrogens is 3. The van der Waals surface area contributed by atoms with Gasteiger partial charge in [-0.15, -0.1) is 0 Å². The van der Waals surface area contributed by atoms with Gasteiger partial charge in [-0.1, -0.05) is 20.8 Å². The second kappa shape index (κ2) is 6.05. The number of hydrogen-bond acceptors (Lipinski definition) is 6. The molecule has 112 valence electrons. The van der Waals surface area contributed by atoms with Crippen LogP contribution in [-0.4, -0.2) is 15.0 Å². The summed E-state index contributed by atoms with van der Waals surface area (Å²) < 4.78 is 0. The summed E-state index contributed by atoms with van der Waals surface area (Å²) in [6.07, 6.45) is 3.55. The van der Waals surface area contributed by atoms with Gasteiger partial charge in [0.2, 0.25) is 0 Å². The maximum atomic E-state index is 5.56. The van der Waals surface area contributed by atoms with Crippen molar-refractivity contribution in [2.75, 3.05) is 10.7 Å². The second-order valence-corrected chi connectivity index (χ2v) is 5.97. The summed E-state index contributed by atoms with van der Waals surface area (Å²) in [5.74, 6) is 7.75. The standard InChI is InChI=1S/C15H22N6/c1-10-12(18-9-11-5-7-17-8-6-11)19-14(15(2,3)4)20-13(10)21-16/h5-8H,9,16H2,1-4H3,(H2,18,19,20,21). The molecule has 2 aromatic rings. The summed E-state index contributed by atoms with van der Waals surface area (Å²) in [4.78, 5) is 13.1. The van der Waals surface area contributed by atoms with Crippen molar-refractivity contribution in [2.24, 2.45) is 5.84 Å². The van der Waals surface area contributed by atoms with Gasteiger partial charge >= 0.3 is 0 Å². The number of nitrogens with two attached hydrogens (primary N) is 1. The minimum Gasteiger partial charge on any atom is -0.366 e. The van der Waals surface area contributed by atoms with Gasteiger partial charge in [-0.2, -0.15) is 0 Å². The maximum absolute atomic E-state index is 5.56. The highest BCUT2D eigenvalue weighted by Crippen LogP contribution is 2.26. The molecule has 0 unspecified atom stereocenters. The van der Waals surface area contributed by atoms with Gasteiger partial charge < -0.3 is 10.7 Å². The molecule has 2 heterocycles. The molecule has 0 aliphatic heterocycles. The lowest BCUT2D eigenvalue weighted by molar-refractivity contribution is 0.546. The van der Waals surface area contributed by atoms with Crippen molar-refractivity contribution in [2.45, 2.75) is 39.7 Å². The Hall–Kier alpha value is -2.21. The number of hydrogen-bond donors (Lipinski definition) is 3. The Kier molecular flexibility index (Phi) is 4.37. The summed E-state index contributed by atoms with van der Waals surface area (Å²) in [6, 6.07) is 3.94. The average molecular weight is 286 g/mol. The van der Waals surface area contributed by atoms with Crippen molar-refractivity contribution in [3.8, 4) is 0 Å². The van der Waals surface area contributed by atoms with Crippen LogP contribution in [0.2, 0.25) is 0 Å². The van der Waals surface area contributed by atoms with Gasteiger partial charge in [0.25, 0.3) is 0 Å². The van der Waals surface area contributed by atoms with Gasteiger partial charge in [0.1, 0.15) is 17.5 Å². The van der Waals surface area contributed by atoms with E-state index >= 15 is 0 Å². The molecule has 0 saturated carbocycles. The Labute approximate surface area is 125 Å². The number of rotatable bonds is 4. The Morgan fingerprint density at radius 3 is 2.29 bits per heavy atom. The quantitative estimate of drug-likeness (QED) is 0.590. The zero-order chi connectivity index (χ0) is 15.5. The van der Waals surface area contributed by atoms with E-state index in [2.05, 4.69) is 46.5 Å². The molecule has 0 bridgehead atoms. The number of anilines is 2. The summed E-state index contributed by atoms with van der Waals surface area (Å²) in [5, 5.41) is 3.34. The molecule has 0 fully saturated rings. The minimum absolute atomic E-state index is 0.146. The van der Waals surface area contributed by atoms with Crippen LogP contribution >= 0.6 is 0 Å². The largest absolute Gasteiger partial charge is 0.366 e. The first-order valence-electron chi connectivity index (χ1n) is 6.90. The molecule has 0 saturated heterocycles. The van der Waals surface area contributed by atoms with Crippen LogP contribution in [0.1, 0.15) is 37.7 Å². The molecule has 0 aliphatic carbocycles. The van der Waals surface area contributed by atoms with Crippen molar-refractivity contribution in [3.63, 3.8) is 0 Å². The van der Waals surface area contributed by atoms with Gasteiger partial charge in [0.15, 0.2) is 0 Å². The first-order valence-corrected chi connectivity index (χ1v) is 6.90. The predicted octanol–water partition coefficient (Wildman–Crippen LogP) is 2.38. The molecule has 4 N–H and O–H groups in total. The van der Waals surface area contributed by atoms with Crippen LogP contribution in [0.4, 0.5) is 11.6 Å². The molecule has 6 nitrogen and oxygen atoms in total. The third-order valence-corrected chi connectivity index (χ3v) is 3.16. The lowest BCUT2D eigenvalue weighted by atomic mass is 9.95. The topological polar surface area (TPSA) is 88.8 Å². The van der Waals surface area contributed by atoms with Crippen LogP contribution in [0.15, 0.2) is 24.5 Å². The molecular formula is C15H22N6. The number of hydrazine groups is 1. The van der Waals surface area contributed by atoms with Gasteiger partial charge in [0, 0.05) is 29.9 Å². The predicted molar refractivity (Wildman–Crippen MR) is 84.8 cm³/mol. The maximum Gasteiger partial charge on any atom is 0.148 e. The molecule has 0 aliphatic rings. The highest BCUT2D eigenvalue weighted by atomic mass is 15.3. The van der Waals surface area contributed by atoms with Gasteiger partial charge in [0.05, 0.1) is 0 Å². The molecule has 0 atom stereocenters. The van der Waals surface area contributed by atoms with E-state index < -0.39 is 0 Å². The molecule has 0 spiro atoms.